The van der Waals surface area contributed by atoms with Crippen LogP contribution in [0, 0.1) is 0 Å². The Labute approximate surface area is 261 Å². The van der Waals surface area contributed by atoms with Crippen molar-refractivity contribution in [2.45, 2.75) is 0 Å². The van der Waals surface area contributed by atoms with Crippen LogP contribution in [0.15, 0.2) is 146 Å². The second-order valence-corrected chi connectivity index (χ2v) is 12.6. The molecule has 12 rings (SSSR count). The van der Waals surface area contributed by atoms with Crippen molar-refractivity contribution in [3.05, 3.63) is 146 Å². The number of fused-ring (bicyclic) bond motifs is 14. The Morgan fingerprint density at radius 2 is 0.717 bits per heavy atom. The number of rotatable bonds is 1. The van der Waals surface area contributed by atoms with Crippen molar-refractivity contribution in [2.75, 3.05) is 0 Å². The highest BCUT2D eigenvalue weighted by Gasteiger charge is 2.25. The van der Waals surface area contributed by atoms with Gasteiger partial charge in [0.2, 0.25) is 0 Å². The van der Waals surface area contributed by atoms with Gasteiger partial charge in [0.25, 0.3) is 0 Å². The maximum Gasteiger partial charge on any atom is 0.0783 e. The molecule has 0 aliphatic rings. The Bertz CT molecular complexity index is 3240. The van der Waals surface area contributed by atoms with Crippen LogP contribution in [0.4, 0.5) is 0 Å². The number of hydrogen-bond donors (Lipinski definition) is 0. The predicted octanol–water partition coefficient (Wildman–Crippen LogP) is 10.7. The summed E-state index contributed by atoms with van der Waals surface area (Å²) in [5.74, 6) is 0. The number of hydrogen-bond acceptors (Lipinski definition) is 0. The minimum atomic E-state index is 1.17. The molecule has 0 atom stereocenters. The summed E-state index contributed by atoms with van der Waals surface area (Å²) in [5.41, 5.74) is 14.8. The summed E-state index contributed by atoms with van der Waals surface area (Å²) in [4.78, 5) is 0. The quantitative estimate of drug-likeness (QED) is 0.171. The van der Waals surface area contributed by atoms with Crippen molar-refractivity contribution in [1.82, 2.24) is 17.8 Å². The van der Waals surface area contributed by atoms with E-state index in [1.165, 1.54) is 98.7 Å². The van der Waals surface area contributed by atoms with E-state index in [4.69, 9.17) is 0 Å². The van der Waals surface area contributed by atoms with E-state index in [-0.39, 0.29) is 0 Å². The maximum atomic E-state index is 2.53. The maximum absolute atomic E-state index is 2.53. The summed E-state index contributed by atoms with van der Waals surface area (Å²) in [6, 6.07) is 53.5. The Kier molecular flexibility index (Phi) is 3.96. The van der Waals surface area contributed by atoms with Gasteiger partial charge in [0.15, 0.2) is 0 Å². The fraction of sp³-hybridized carbons (Fsp3) is 0. The molecule has 4 nitrogen and oxygen atoms in total. The summed E-state index contributed by atoms with van der Waals surface area (Å²) in [6.45, 7) is 0. The van der Waals surface area contributed by atoms with Crippen LogP contribution in [0.3, 0.4) is 0 Å². The lowest BCUT2D eigenvalue weighted by Crippen LogP contribution is -2.03. The van der Waals surface area contributed by atoms with Crippen molar-refractivity contribution in [2.24, 2.45) is 0 Å². The molecule has 7 aromatic carbocycles. The first-order chi connectivity index (χ1) is 22.9. The Morgan fingerprint density at radius 1 is 0.261 bits per heavy atom. The fourth-order valence-corrected chi connectivity index (χ4v) is 8.80. The van der Waals surface area contributed by atoms with Crippen LogP contribution in [0.5, 0.6) is 0 Å². The molecule has 0 aliphatic heterocycles. The van der Waals surface area contributed by atoms with E-state index in [1.54, 1.807) is 0 Å². The second-order valence-electron chi connectivity index (χ2n) is 12.6. The zero-order chi connectivity index (χ0) is 29.7. The summed E-state index contributed by atoms with van der Waals surface area (Å²) in [7, 11) is 0. The normalized spacial score (nSPS) is 12.8. The summed E-state index contributed by atoms with van der Waals surface area (Å²) in [6.07, 6.45) is 0. The number of para-hydroxylation sites is 7. The van der Waals surface area contributed by atoms with Crippen LogP contribution in [-0.4, -0.2) is 17.8 Å². The zero-order valence-electron chi connectivity index (χ0n) is 24.6. The van der Waals surface area contributed by atoms with Gasteiger partial charge in [0.1, 0.15) is 0 Å². The van der Waals surface area contributed by atoms with Gasteiger partial charge >= 0.3 is 0 Å². The molecule has 12 aromatic rings. The van der Waals surface area contributed by atoms with Crippen LogP contribution in [0.25, 0.3) is 98.7 Å². The van der Waals surface area contributed by atoms with Gasteiger partial charge in [-0.15, -0.1) is 0 Å². The van der Waals surface area contributed by atoms with E-state index in [9.17, 15) is 0 Å². The first-order valence-electron chi connectivity index (χ1n) is 15.9. The molecular formula is C42H24N4. The third kappa shape index (κ3) is 2.50. The highest BCUT2D eigenvalue weighted by atomic mass is 15.1. The van der Waals surface area contributed by atoms with Crippen molar-refractivity contribution in [1.29, 1.82) is 0 Å². The summed E-state index contributed by atoms with van der Waals surface area (Å²) in [5, 5.41) is 7.78. The topological polar surface area (TPSA) is 18.2 Å². The molecule has 5 heterocycles. The van der Waals surface area contributed by atoms with Crippen LogP contribution in [0.1, 0.15) is 0 Å². The molecule has 4 heteroatoms. The molecule has 0 aliphatic carbocycles. The average Bonchev–Trinajstić information content (AvgIpc) is 3.76. The molecule has 0 N–H and O–H groups in total. The lowest BCUT2D eigenvalue weighted by Gasteiger charge is -2.17. The van der Waals surface area contributed by atoms with Crippen molar-refractivity contribution in [3.8, 4) is 5.69 Å². The molecule has 0 bridgehead atoms. The molecule has 0 fully saturated rings. The van der Waals surface area contributed by atoms with Crippen LogP contribution >= 0.6 is 0 Å². The number of nitrogens with zero attached hydrogens (tertiary/aromatic N) is 4. The van der Waals surface area contributed by atoms with Gasteiger partial charge in [0, 0.05) is 38.0 Å². The first-order valence-corrected chi connectivity index (χ1v) is 15.9. The van der Waals surface area contributed by atoms with Gasteiger partial charge in [0.05, 0.1) is 60.7 Å². The van der Waals surface area contributed by atoms with Crippen LogP contribution in [0.2, 0.25) is 0 Å². The van der Waals surface area contributed by atoms with Gasteiger partial charge in [-0.1, -0.05) is 84.9 Å². The largest absolute Gasteiger partial charge is 0.306 e. The molecule has 0 saturated carbocycles. The minimum Gasteiger partial charge on any atom is -0.306 e. The zero-order valence-corrected chi connectivity index (χ0v) is 24.6. The molecule has 0 spiro atoms. The lowest BCUT2D eigenvalue weighted by atomic mass is 10.0. The van der Waals surface area contributed by atoms with Crippen molar-refractivity contribution >= 4 is 93.0 Å². The predicted molar refractivity (Wildman–Crippen MR) is 192 cm³/mol. The molecule has 46 heavy (non-hydrogen) atoms. The first kappa shape index (κ1) is 23.2. The second kappa shape index (κ2) is 7.87. The van der Waals surface area contributed by atoms with Gasteiger partial charge in [-0.2, -0.15) is 0 Å². The fourth-order valence-electron chi connectivity index (χ4n) is 8.80. The number of benzene rings is 7. The smallest absolute Gasteiger partial charge is 0.0783 e. The molecule has 0 radical (unpaired) electrons. The SMILES string of the molecule is c1ccc(-n2c3ccccc3n3c4ccc5c(c6cccc7c6n5c5cccc6c8ccccc8n7c65)c4c4cccc2c43)cc1. The van der Waals surface area contributed by atoms with Crippen LogP contribution < -0.4 is 0 Å². The number of aromatic nitrogens is 4. The Morgan fingerprint density at radius 3 is 1.43 bits per heavy atom. The highest BCUT2D eigenvalue weighted by molar-refractivity contribution is 6.32. The van der Waals surface area contributed by atoms with Crippen molar-refractivity contribution < 1.29 is 0 Å². The van der Waals surface area contributed by atoms with Crippen molar-refractivity contribution in [3.63, 3.8) is 0 Å². The molecule has 0 amide bonds. The van der Waals surface area contributed by atoms with Gasteiger partial charge in [-0.05, 0) is 60.7 Å². The monoisotopic (exact) mass is 584 g/mol. The Balaban J connectivity index is 1.38. The van der Waals surface area contributed by atoms with E-state index in [0.717, 1.165) is 0 Å². The molecule has 0 saturated heterocycles. The van der Waals surface area contributed by atoms with E-state index < -0.39 is 0 Å². The van der Waals surface area contributed by atoms with E-state index in [0.29, 0.717) is 0 Å². The molecule has 5 aromatic heterocycles. The van der Waals surface area contributed by atoms with Crippen LogP contribution in [-0.2, 0) is 0 Å². The minimum absolute atomic E-state index is 1.17. The van der Waals surface area contributed by atoms with Gasteiger partial charge in [-0.3, -0.25) is 0 Å². The van der Waals surface area contributed by atoms with E-state index in [1.807, 2.05) is 0 Å². The highest BCUT2D eigenvalue weighted by Crippen LogP contribution is 2.46. The summed E-state index contributed by atoms with van der Waals surface area (Å²) >= 11 is 0. The van der Waals surface area contributed by atoms with E-state index in [2.05, 4.69) is 163 Å². The lowest BCUT2D eigenvalue weighted by molar-refractivity contribution is 1.14. The Hall–Kier alpha value is -6.26. The molecule has 212 valence electrons. The standard InChI is InChI=1S/C42H24N4/c1-2-11-25(12-3-1)43-31-18-6-7-19-32(31)45-33-23-24-34-39(38(33)28-15-9-20-35(43)41(28)45)29-16-10-22-37-42(29)46(34)36-21-8-14-27-26-13-4-5-17-30(26)44(37)40(27)36/h1-24H. The summed E-state index contributed by atoms with van der Waals surface area (Å²) < 4.78 is 9.93. The van der Waals surface area contributed by atoms with Gasteiger partial charge < -0.3 is 17.8 Å². The van der Waals surface area contributed by atoms with Gasteiger partial charge in [-0.25, -0.2) is 0 Å². The molecule has 0 unspecified atom stereocenters. The third-order valence-corrected chi connectivity index (χ3v) is 10.4. The third-order valence-electron chi connectivity index (χ3n) is 10.4. The average molecular weight is 585 g/mol. The van der Waals surface area contributed by atoms with E-state index >= 15 is 0 Å². The molecular weight excluding hydrogens is 560 g/mol.